The highest BCUT2D eigenvalue weighted by Crippen LogP contribution is 2.14. The van der Waals surface area contributed by atoms with Crippen molar-refractivity contribution in [3.05, 3.63) is 29.6 Å². The smallest absolute Gasteiger partial charge is 0.253 e. The van der Waals surface area contributed by atoms with Gasteiger partial charge in [-0.05, 0) is 18.2 Å². The lowest BCUT2D eigenvalue weighted by molar-refractivity contribution is 0.0827. The van der Waals surface area contributed by atoms with Crippen molar-refractivity contribution in [1.82, 2.24) is 4.90 Å². The quantitative estimate of drug-likeness (QED) is 0.778. The van der Waals surface area contributed by atoms with E-state index >= 15 is 0 Å². The molecule has 1 aromatic rings. The summed E-state index contributed by atoms with van der Waals surface area (Å²) in [5, 5.41) is 2.79. The molecule has 0 unspecified atom stereocenters. The maximum absolute atomic E-state index is 13.0. The molecule has 0 aliphatic carbocycles. The van der Waals surface area contributed by atoms with Gasteiger partial charge in [-0.1, -0.05) is 0 Å². The SMILES string of the molecule is CNc1cc(F)cc(C(=O)N(C)C)c1. The number of rotatable bonds is 2. The number of anilines is 1. The Morgan fingerprint density at radius 3 is 2.50 bits per heavy atom. The number of carbonyl (C=O) groups excluding carboxylic acids is 1. The molecule has 0 radical (unpaired) electrons. The Labute approximate surface area is 82.5 Å². The lowest BCUT2D eigenvalue weighted by Gasteiger charge is -2.11. The third-order valence-corrected chi connectivity index (χ3v) is 1.84. The van der Waals surface area contributed by atoms with Crippen LogP contribution < -0.4 is 5.32 Å². The minimum absolute atomic E-state index is 0.207. The second kappa shape index (κ2) is 4.09. The van der Waals surface area contributed by atoms with E-state index in [-0.39, 0.29) is 5.91 Å². The van der Waals surface area contributed by atoms with Crippen LogP contribution in [0.15, 0.2) is 18.2 Å². The molecule has 0 aliphatic rings. The van der Waals surface area contributed by atoms with Gasteiger partial charge >= 0.3 is 0 Å². The van der Waals surface area contributed by atoms with Gasteiger partial charge in [-0.2, -0.15) is 0 Å². The molecule has 0 fully saturated rings. The first kappa shape index (κ1) is 10.5. The summed E-state index contributed by atoms with van der Waals surface area (Å²) in [6.45, 7) is 0. The number of carbonyl (C=O) groups is 1. The highest BCUT2D eigenvalue weighted by atomic mass is 19.1. The van der Waals surface area contributed by atoms with Crippen molar-refractivity contribution in [2.45, 2.75) is 0 Å². The second-order valence-corrected chi connectivity index (χ2v) is 3.18. The summed E-state index contributed by atoms with van der Waals surface area (Å²) >= 11 is 0. The molecule has 0 spiro atoms. The summed E-state index contributed by atoms with van der Waals surface area (Å²) in [6, 6.07) is 4.18. The molecule has 4 heteroatoms. The van der Waals surface area contributed by atoms with Crippen LogP contribution in [0, 0.1) is 5.82 Å². The first-order valence-electron chi connectivity index (χ1n) is 4.24. The Kier molecular flexibility index (Phi) is 3.06. The summed E-state index contributed by atoms with van der Waals surface area (Å²) in [5.41, 5.74) is 0.939. The molecule has 14 heavy (non-hydrogen) atoms. The topological polar surface area (TPSA) is 32.3 Å². The Morgan fingerprint density at radius 1 is 1.36 bits per heavy atom. The van der Waals surface area contributed by atoms with Crippen LogP contribution in [0.25, 0.3) is 0 Å². The largest absolute Gasteiger partial charge is 0.388 e. The summed E-state index contributed by atoms with van der Waals surface area (Å²) in [4.78, 5) is 12.9. The molecule has 0 saturated carbocycles. The molecule has 0 bridgehead atoms. The summed E-state index contributed by atoms with van der Waals surface area (Å²) in [5.74, 6) is -0.622. The van der Waals surface area contributed by atoms with Crippen molar-refractivity contribution < 1.29 is 9.18 Å². The Hall–Kier alpha value is -1.58. The number of amides is 1. The van der Waals surface area contributed by atoms with Crippen molar-refractivity contribution >= 4 is 11.6 Å². The molecule has 1 amide bonds. The summed E-state index contributed by atoms with van der Waals surface area (Å²) in [6.07, 6.45) is 0. The first-order valence-corrected chi connectivity index (χ1v) is 4.24. The van der Waals surface area contributed by atoms with Gasteiger partial charge in [0.2, 0.25) is 0 Å². The van der Waals surface area contributed by atoms with E-state index in [1.165, 1.54) is 17.0 Å². The molecule has 0 heterocycles. The molecule has 0 atom stereocenters. The van der Waals surface area contributed by atoms with Crippen LogP contribution in [0.5, 0.6) is 0 Å². The second-order valence-electron chi connectivity index (χ2n) is 3.18. The highest BCUT2D eigenvalue weighted by Gasteiger charge is 2.09. The zero-order chi connectivity index (χ0) is 10.7. The highest BCUT2D eigenvalue weighted by molar-refractivity contribution is 5.94. The van der Waals surface area contributed by atoms with E-state index in [4.69, 9.17) is 0 Å². The zero-order valence-corrected chi connectivity index (χ0v) is 8.47. The van der Waals surface area contributed by atoms with Gasteiger partial charge in [0.15, 0.2) is 0 Å². The number of hydrogen-bond donors (Lipinski definition) is 1. The van der Waals surface area contributed by atoms with Gasteiger partial charge in [-0.15, -0.1) is 0 Å². The summed E-state index contributed by atoms with van der Waals surface area (Å²) in [7, 11) is 4.94. The maximum Gasteiger partial charge on any atom is 0.253 e. The van der Waals surface area contributed by atoms with Crippen molar-refractivity contribution in [2.75, 3.05) is 26.5 Å². The Balaban J connectivity index is 3.09. The molecule has 0 aliphatic heterocycles. The number of hydrogen-bond acceptors (Lipinski definition) is 2. The van der Waals surface area contributed by atoms with Gasteiger partial charge in [-0.3, -0.25) is 4.79 Å². The van der Waals surface area contributed by atoms with E-state index in [2.05, 4.69) is 5.32 Å². The zero-order valence-electron chi connectivity index (χ0n) is 8.47. The van der Waals surface area contributed by atoms with Crippen LogP contribution in [0.1, 0.15) is 10.4 Å². The molecule has 1 N–H and O–H groups in total. The fourth-order valence-corrected chi connectivity index (χ4v) is 1.12. The van der Waals surface area contributed by atoms with Gasteiger partial charge in [-0.25, -0.2) is 4.39 Å². The molecule has 1 aromatic carbocycles. The minimum Gasteiger partial charge on any atom is -0.388 e. The fourth-order valence-electron chi connectivity index (χ4n) is 1.12. The van der Waals surface area contributed by atoms with Gasteiger partial charge < -0.3 is 10.2 Å². The third-order valence-electron chi connectivity index (χ3n) is 1.84. The van der Waals surface area contributed by atoms with Crippen molar-refractivity contribution in [3.63, 3.8) is 0 Å². The van der Waals surface area contributed by atoms with Crippen LogP contribution in [-0.4, -0.2) is 32.0 Å². The van der Waals surface area contributed by atoms with Gasteiger partial charge in [0.1, 0.15) is 5.82 Å². The van der Waals surface area contributed by atoms with Crippen LogP contribution in [0.2, 0.25) is 0 Å². The minimum atomic E-state index is -0.415. The average molecular weight is 196 g/mol. The predicted molar refractivity (Wildman–Crippen MR) is 54.0 cm³/mol. The molecule has 3 nitrogen and oxygen atoms in total. The van der Waals surface area contributed by atoms with Crippen molar-refractivity contribution in [2.24, 2.45) is 0 Å². The van der Waals surface area contributed by atoms with Gasteiger partial charge in [0.05, 0.1) is 0 Å². The van der Waals surface area contributed by atoms with Crippen LogP contribution in [0.3, 0.4) is 0 Å². The van der Waals surface area contributed by atoms with E-state index in [0.717, 1.165) is 0 Å². The lowest BCUT2D eigenvalue weighted by atomic mass is 10.1. The van der Waals surface area contributed by atoms with E-state index in [9.17, 15) is 9.18 Å². The predicted octanol–water partition coefficient (Wildman–Crippen LogP) is 1.57. The third kappa shape index (κ3) is 2.22. The van der Waals surface area contributed by atoms with Gasteiger partial charge in [0, 0.05) is 32.4 Å². The molecule has 76 valence electrons. The molecule has 0 aromatic heterocycles. The Morgan fingerprint density at radius 2 is 2.00 bits per heavy atom. The van der Waals surface area contributed by atoms with Crippen molar-refractivity contribution in [1.29, 1.82) is 0 Å². The molecular formula is C10H13FN2O. The Bertz CT molecular complexity index is 350. The average Bonchev–Trinajstić information content (AvgIpc) is 2.15. The monoisotopic (exact) mass is 196 g/mol. The van der Waals surface area contributed by atoms with Crippen LogP contribution in [0.4, 0.5) is 10.1 Å². The summed E-state index contributed by atoms with van der Waals surface area (Å²) < 4.78 is 13.0. The van der Waals surface area contributed by atoms with Crippen LogP contribution in [-0.2, 0) is 0 Å². The maximum atomic E-state index is 13.0. The standard InChI is InChI=1S/C10H13FN2O/c1-12-9-5-7(4-8(11)6-9)10(14)13(2)3/h4-6,12H,1-3H3. The number of halogens is 1. The van der Waals surface area contributed by atoms with Gasteiger partial charge in [0.25, 0.3) is 5.91 Å². The van der Waals surface area contributed by atoms with Crippen LogP contribution >= 0.6 is 0 Å². The fraction of sp³-hybridized carbons (Fsp3) is 0.300. The first-order chi connectivity index (χ1) is 6.54. The van der Waals surface area contributed by atoms with E-state index in [1.54, 1.807) is 27.2 Å². The number of benzene rings is 1. The molecule has 1 rings (SSSR count). The van der Waals surface area contributed by atoms with E-state index in [1.807, 2.05) is 0 Å². The normalized spacial score (nSPS) is 9.71. The number of nitrogens with one attached hydrogen (secondary N) is 1. The van der Waals surface area contributed by atoms with E-state index < -0.39 is 5.82 Å². The molecular weight excluding hydrogens is 183 g/mol. The molecule has 0 saturated heterocycles. The number of nitrogens with zero attached hydrogens (tertiary/aromatic N) is 1. The lowest BCUT2D eigenvalue weighted by Crippen LogP contribution is -2.21. The van der Waals surface area contributed by atoms with E-state index in [0.29, 0.717) is 11.3 Å². The van der Waals surface area contributed by atoms with Crippen molar-refractivity contribution in [3.8, 4) is 0 Å².